The average Bonchev–Trinajstić information content (AvgIpc) is 3.00. The Hall–Kier alpha value is -3.01. The summed E-state index contributed by atoms with van der Waals surface area (Å²) in [7, 11) is -4.18. The maximum absolute atomic E-state index is 13.6. The zero-order valence-electron chi connectivity index (χ0n) is 13.7. The first-order valence-corrected chi connectivity index (χ1v) is 9.27. The molecule has 1 aliphatic rings. The van der Waals surface area contributed by atoms with E-state index in [1.807, 2.05) is 4.72 Å². The summed E-state index contributed by atoms with van der Waals surface area (Å²) in [5.74, 6) is -4.01. The van der Waals surface area contributed by atoms with Crippen LogP contribution in [-0.4, -0.2) is 31.9 Å². The molecule has 1 amide bonds. The molecule has 7 nitrogen and oxygen atoms in total. The summed E-state index contributed by atoms with van der Waals surface area (Å²) in [4.78, 5) is 24.0. The van der Waals surface area contributed by atoms with Crippen molar-refractivity contribution in [3.63, 3.8) is 0 Å². The fourth-order valence-corrected chi connectivity index (χ4v) is 3.77. The number of sulfonamides is 1. The minimum Gasteiger partial charge on any atom is -0.481 e. The second-order valence-corrected chi connectivity index (χ2v) is 7.65. The molecule has 1 aliphatic heterocycles. The van der Waals surface area contributed by atoms with E-state index in [2.05, 4.69) is 0 Å². The number of aliphatic carboxylic acids is 1. The third-order valence-electron chi connectivity index (χ3n) is 4.11. The molecule has 2 N–H and O–H groups in total. The van der Waals surface area contributed by atoms with E-state index in [0.717, 1.165) is 18.2 Å². The number of carbonyl (C=O) groups excluding carboxylic acids is 1. The zero-order chi connectivity index (χ0) is 19.8. The van der Waals surface area contributed by atoms with Crippen LogP contribution in [0.25, 0.3) is 0 Å². The van der Waals surface area contributed by atoms with E-state index in [4.69, 9.17) is 5.11 Å². The number of halogens is 2. The number of carboxylic acids is 1. The van der Waals surface area contributed by atoms with E-state index in [1.54, 1.807) is 0 Å². The van der Waals surface area contributed by atoms with Gasteiger partial charge in [0.15, 0.2) is 0 Å². The van der Waals surface area contributed by atoms with Crippen molar-refractivity contribution in [2.75, 3.05) is 16.2 Å². The lowest BCUT2D eigenvalue weighted by atomic mass is 10.1. The number of carbonyl (C=O) groups is 2. The molecule has 0 spiro atoms. The van der Waals surface area contributed by atoms with Gasteiger partial charge in [0.25, 0.3) is 10.0 Å². The monoisotopic (exact) mass is 396 g/mol. The van der Waals surface area contributed by atoms with Gasteiger partial charge >= 0.3 is 5.97 Å². The summed E-state index contributed by atoms with van der Waals surface area (Å²) in [6.07, 6.45) is -0.129. The quantitative estimate of drug-likeness (QED) is 0.807. The number of nitrogens with one attached hydrogen (secondary N) is 1. The molecule has 2 aromatic carbocycles. The number of benzene rings is 2. The van der Waals surface area contributed by atoms with Crippen molar-refractivity contribution in [1.82, 2.24) is 0 Å². The van der Waals surface area contributed by atoms with E-state index in [-0.39, 0.29) is 23.8 Å². The average molecular weight is 396 g/mol. The van der Waals surface area contributed by atoms with Crippen molar-refractivity contribution in [2.24, 2.45) is 5.92 Å². The number of hydrogen-bond donors (Lipinski definition) is 2. The maximum atomic E-state index is 13.6. The van der Waals surface area contributed by atoms with Crippen LogP contribution < -0.4 is 9.62 Å². The predicted molar refractivity (Wildman–Crippen MR) is 91.7 cm³/mol. The first-order chi connectivity index (χ1) is 12.7. The Bertz CT molecular complexity index is 1010. The third kappa shape index (κ3) is 3.90. The number of carboxylic acid groups (broad SMARTS) is 1. The summed E-state index contributed by atoms with van der Waals surface area (Å²) in [5.41, 5.74) is -0.183. The first kappa shape index (κ1) is 18.8. The molecule has 142 valence electrons. The van der Waals surface area contributed by atoms with Gasteiger partial charge < -0.3 is 10.0 Å². The largest absolute Gasteiger partial charge is 0.481 e. The molecule has 0 aliphatic carbocycles. The fraction of sp³-hybridized carbons (Fsp3) is 0.176. The smallest absolute Gasteiger partial charge is 0.308 e. The van der Waals surface area contributed by atoms with Crippen LogP contribution in [0, 0.1) is 17.6 Å². The Labute approximate surface area is 153 Å². The second kappa shape index (κ2) is 6.95. The number of rotatable bonds is 5. The topological polar surface area (TPSA) is 104 Å². The van der Waals surface area contributed by atoms with E-state index < -0.39 is 39.2 Å². The summed E-state index contributed by atoms with van der Waals surface area (Å²) in [5, 5.41) is 9.00. The van der Waals surface area contributed by atoms with E-state index in [9.17, 15) is 26.8 Å². The minimum absolute atomic E-state index is 0.00693. The van der Waals surface area contributed by atoms with Crippen LogP contribution in [0.3, 0.4) is 0 Å². The molecule has 0 bridgehead atoms. The normalized spacial score (nSPS) is 17.2. The van der Waals surface area contributed by atoms with Crippen molar-refractivity contribution >= 4 is 33.3 Å². The third-order valence-corrected chi connectivity index (χ3v) is 5.49. The van der Waals surface area contributed by atoms with Crippen LogP contribution in [0.2, 0.25) is 0 Å². The van der Waals surface area contributed by atoms with Gasteiger partial charge in [0.05, 0.1) is 16.5 Å². The molecular weight excluding hydrogens is 382 g/mol. The molecule has 1 saturated heterocycles. The molecule has 3 rings (SSSR count). The molecule has 1 fully saturated rings. The fourth-order valence-electron chi connectivity index (χ4n) is 2.71. The summed E-state index contributed by atoms with van der Waals surface area (Å²) < 4.78 is 53.5. The number of amides is 1. The van der Waals surface area contributed by atoms with E-state index in [0.29, 0.717) is 5.69 Å². The van der Waals surface area contributed by atoms with Crippen molar-refractivity contribution in [1.29, 1.82) is 0 Å². The van der Waals surface area contributed by atoms with Crippen molar-refractivity contribution < 1.29 is 31.9 Å². The van der Waals surface area contributed by atoms with Crippen LogP contribution in [0.4, 0.5) is 20.2 Å². The molecule has 10 heteroatoms. The van der Waals surface area contributed by atoms with Crippen molar-refractivity contribution in [2.45, 2.75) is 11.3 Å². The van der Waals surface area contributed by atoms with E-state index in [1.165, 1.54) is 29.2 Å². The van der Waals surface area contributed by atoms with Crippen molar-refractivity contribution in [3.05, 3.63) is 54.1 Å². The Morgan fingerprint density at radius 3 is 2.41 bits per heavy atom. The van der Waals surface area contributed by atoms with Crippen LogP contribution in [0.5, 0.6) is 0 Å². The standard InChI is InChI=1S/C17H14F2N2O5S/c18-11-1-6-14(19)15(8-11)20-27(25,26)13-4-2-12(3-5-13)21-9-10(17(23)24)7-16(21)22/h1-6,8,10,20H,7,9H2,(H,23,24). The summed E-state index contributed by atoms with van der Waals surface area (Å²) in [6, 6.07) is 7.45. The SMILES string of the molecule is O=C(O)C1CC(=O)N(c2ccc(S(=O)(=O)Nc3cc(F)ccc3F)cc2)C1. The molecule has 1 unspecified atom stereocenters. The van der Waals surface area contributed by atoms with E-state index >= 15 is 0 Å². The van der Waals surface area contributed by atoms with Gasteiger partial charge in [0, 0.05) is 24.7 Å². The lowest BCUT2D eigenvalue weighted by Gasteiger charge is -2.16. The molecule has 0 radical (unpaired) electrons. The Kier molecular flexibility index (Phi) is 4.83. The number of nitrogens with zero attached hydrogens (tertiary/aromatic N) is 1. The predicted octanol–water partition coefficient (Wildman–Crippen LogP) is 2.20. The van der Waals surface area contributed by atoms with Crippen LogP contribution in [0.1, 0.15) is 6.42 Å². The van der Waals surface area contributed by atoms with Gasteiger partial charge in [-0.2, -0.15) is 0 Å². The lowest BCUT2D eigenvalue weighted by Crippen LogP contribution is -2.25. The molecule has 2 aromatic rings. The van der Waals surface area contributed by atoms with Crippen LogP contribution in [0.15, 0.2) is 47.4 Å². The van der Waals surface area contributed by atoms with Gasteiger partial charge in [-0.1, -0.05) is 0 Å². The maximum Gasteiger partial charge on any atom is 0.308 e. The van der Waals surface area contributed by atoms with Gasteiger partial charge in [-0.05, 0) is 36.4 Å². The minimum atomic E-state index is -4.18. The van der Waals surface area contributed by atoms with Gasteiger partial charge in [-0.15, -0.1) is 0 Å². The highest BCUT2D eigenvalue weighted by molar-refractivity contribution is 7.92. The Morgan fingerprint density at radius 1 is 1.15 bits per heavy atom. The Balaban J connectivity index is 1.81. The highest BCUT2D eigenvalue weighted by Gasteiger charge is 2.35. The van der Waals surface area contributed by atoms with Gasteiger partial charge in [0.1, 0.15) is 11.6 Å². The van der Waals surface area contributed by atoms with Gasteiger partial charge in [0.2, 0.25) is 5.91 Å². The first-order valence-electron chi connectivity index (χ1n) is 7.78. The molecule has 1 atom stereocenters. The second-order valence-electron chi connectivity index (χ2n) is 5.97. The van der Waals surface area contributed by atoms with Crippen molar-refractivity contribution in [3.8, 4) is 0 Å². The summed E-state index contributed by atoms with van der Waals surface area (Å²) >= 11 is 0. The van der Waals surface area contributed by atoms with Gasteiger partial charge in [-0.3, -0.25) is 14.3 Å². The highest BCUT2D eigenvalue weighted by atomic mass is 32.2. The van der Waals surface area contributed by atoms with Crippen LogP contribution in [-0.2, 0) is 19.6 Å². The summed E-state index contributed by atoms with van der Waals surface area (Å²) in [6.45, 7) is -0.00693. The molecule has 0 aromatic heterocycles. The number of anilines is 2. The molecule has 1 heterocycles. The van der Waals surface area contributed by atoms with Crippen LogP contribution >= 0.6 is 0 Å². The molecule has 27 heavy (non-hydrogen) atoms. The number of hydrogen-bond acceptors (Lipinski definition) is 4. The molecule has 0 saturated carbocycles. The zero-order valence-corrected chi connectivity index (χ0v) is 14.5. The Morgan fingerprint density at radius 2 is 1.81 bits per heavy atom. The van der Waals surface area contributed by atoms with Gasteiger partial charge in [-0.25, -0.2) is 17.2 Å². The lowest BCUT2D eigenvalue weighted by molar-refractivity contribution is -0.141. The molecular formula is C17H14F2N2O5S. The highest BCUT2D eigenvalue weighted by Crippen LogP contribution is 2.27.